The smallest absolute Gasteiger partial charge is 0.141 e. The molecule has 0 bridgehead atoms. The molecule has 4 N–H and O–H groups in total. The molecule has 0 aromatic carbocycles. The predicted molar refractivity (Wildman–Crippen MR) is 125 cm³/mol. The molecule has 1 atom stereocenters. The summed E-state index contributed by atoms with van der Waals surface area (Å²) >= 11 is 0. The number of hydrogen-bond donors (Lipinski definition) is 3. The molecule has 3 aromatic rings. The summed E-state index contributed by atoms with van der Waals surface area (Å²) in [5, 5.41) is 4.35. The molecule has 1 unspecified atom stereocenters. The minimum absolute atomic E-state index is 0.114. The Morgan fingerprint density at radius 1 is 1.39 bits per heavy atom. The SMILES string of the molecule is CCN(CCOC)c1cncc(C(CN)N/C=C(\C=N/C)c2ncnc3[nH]ccc23)c1. The highest BCUT2D eigenvalue weighted by atomic mass is 16.5. The van der Waals surface area contributed by atoms with Crippen LogP contribution in [0.3, 0.4) is 0 Å². The number of anilines is 1. The van der Waals surface area contributed by atoms with Crippen molar-refractivity contribution < 1.29 is 4.74 Å². The number of hydrogen-bond acceptors (Lipinski definition) is 8. The minimum Gasteiger partial charge on any atom is -0.383 e. The Labute approximate surface area is 182 Å². The highest BCUT2D eigenvalue weighted by Gasteiger charge is 2.13. The van der Waals surface area contributed by atoms with E-state index in [2.05, 4.69) is 48.1 Å². The number of fused-ring (bicyclic) bond motifs is 1. The first-order chi connectivity index (χ1) is 15.2. The Balaban J connectivity index is 1.86. The third kappa shape index (κ3) is 5.44. The van der Waals surface area contributed by atoms with E-state index in [0.29, 0.717) is 13.2 Å². The van der Waals surface area contributed by atoms with Gasteiger partial charge in [-0.15, -0.1) is 0 Å². The topological polar surface area (TPSA) is 117 Å². The van der Waals surface area contributed by atoms with Gasteiger partial charge in [0.25, 0.3) is 0 Å². The number of nitrogens with zero attached hydrogens (tertiary/aromatic N) is 5. The molecule has 0 saturated carbocycles. The monoisotopic (exact) mass is 422 g/mol. The lowest BCUT2D eigenvalue weighted by Gasteiger charge is -2.24. The van der Waals surface area contributed by atoms with E-state index in [1.54, 1.807) is 26.7 Å². The fourth-order valence-corrected chi connectivity index (χ4v) is 3.38. The Morgan fingerprint density at radius 2 is 2.26 bits per heavy atom. The molecule has 3 heterocycles. The van der Waals surface area contributed by atoms with Crippen molar-refractivity contribution in [1.82, 2.24) is 25.3 Å². The lowest BCUT2D eigenvalue weighted by Crippen LogP contribution is -2.28. The summed E-state index contributed by atoms with van der Waals surface area (Å²) in [6.45, 7) is 4.85. The van der Waals surface area contributed by atoms with Crippen LogP contribution in [0.1, 0.15) is 24.2 Å². The highest BCUT2D eigenvalue weighted by molar-refractivity contribution is 6.13. The Kier molecular flexibility index (Phi) is 8.08. The summed E-state index contributed by atoms with van der Waals surface area (Å²) < 4.78 is 5.22. The van der Waals surface area contributed by atoms with E-state index >= 15 is 0 Å². The molecule has 9 heteroatoms. The number of aliphatic imine (C=N–C) groups is 1. The third-order valence-corrected chi connectivity index (χ3v) is 5.03. The molecular weight excluding hydrogens is 392 g/mol. The maximum atomic E-state index is 6.10. The molecule has 0 aliphatic carbocycles. The maximum absolute atomic E-state index is 6.10. The summed E-state index contributed by atoms with van der Waals surface area (Å²) in [5.41, 5.74) is 10.6. The van der Waals surface area contributed by atoms with Crippen molar-refractivity contribution in [3.8, 4) is 0 Å². The van der Waals surface area contributed by atoms with Crippen molar-refractivity contribution in [1.29, 1.82) is 0 Å². The summed E-state index contributed by atoms with van der Waals surface area (Å²) in [6.07, 6.45) is 10.8. The molecule has 9 nitrogen and oxygen atoms in total. The lowest BCUT2D eigenvalue weighted by molar-refractivity contribution is 0.205. The van der Waals surface area contributed by atoms with Crippen LogP contribution in [0.25, 0.3) is 16.6 Å². The van der Waals surface area contributed by atoms with Gasteiger partial charge in [0.2, 0.25) is 0 Å². The van der Waals surface area contributed by atoms with Gasteiger partial charge in [-0.05, 0) is 24.6 Å². The summed E-state index contributed by atoms with van der Waals surface area (Å²) in [4.78, 5) is 22.7. The molecule has 0 spiro atoms. The average Bonchev–Trinajstić information content (AvgIpc) is 3.29. The van der Waals surface area contributed by atoms with Crippen LogP contribution in [0.5, 0.6) is 0 Å². The molecule has 0 saturated heterocycles. The van der Waals surface area contributed by atoms with Gasteiger partial charge >= 0.3 is 0 Å². The molecule has 0 fully saturated rings. The molecule has 0 radical (unpaired) electrons. The first kappa shape index (κ1) is 22.4. The Hall–Kier alpha value is -3.30. The number of nitrogens with two attached hydrogens (primary N) is 1. The van der Waals surface area contributed by atoms with Crippen LogP contribution < -0.4 is 16.0 Å². The van der Waals surface area contributed by atoms with Crippen LogP contribution in [-0.4, -0.2) is 66.5 Å². The van der Waals surface area contributed by atoms with Gasteiger partial charge in [0.1, 0.15) is 12.0 Å². The highest BCUT2D eigenvalue weighted by Crippen LogP contribution is 2.22. The van der Waals surface area contributed by atoms with Gasteiger partial charge in [0.05, 0.1) is 30.2 Å². The van der Waals surface area contributed by atoms with E-state index in [-0.39, 0.29) is 6.04 Å². The van der Waals surface area contributed by atoms with Crippen LogP contribution in [0.15, 0.2) is 48.2 Å². The zero-order valence-corrected chi connectivity index (χ0v) is 18.2. The number of allylic oxidation sites excluding steroid dienone is 1. The van der Waals surface area contributed by atoms with Crippen molar-refractivity contribution in [2.75, 3.05) is 45.3 Å². The van der Waals surface area contributed by atoms with Crippen molar-refractivity contribution in [3.63, 3.8) is 0 Å². The van der Waals surface area contributed by atoms with Gasteiger partial charge in [0.15, 0.2) is 0 Å². The van der Waals surface area contributed by atoms with E-state index < -0.39 is 0 Å². The van der Waals surface area contributed by atoms with Crippen LogP contribution in [0, 0.1) is 0 Å². The van der Waals surface area contributed by atoms with E-state index in [0.717, 1.165) is 46.6 Å². The predicted octanol–water partition coefficient (Wildman–Crippen LogP) is 2.16. The number of likely N-dealkylation sites (N-methyl/N-ethyl adjacent to an activating group) is 1. The second-order valence-corrected chi connectivity index (χ2v) is 6.95. The number of pyridine rings is 1. The Morgan fingerprint density at radius 3 is 3.00 bits per heavy atom. The van der Waals surface area contributed by atoms with Gasteiger partial charge in [-0.25, -0.2) is 9.97 Å². The first-order valence-electron chi connectivity index (χ1n) is 10.3. The second kappa shape index (κ2) is 11.2. The molecule has 0 amide bonds. The number of nitrogens with one attached hydrogen (secondary N) is 2. The largest absolute Gasteiger partial charge is 0.383 e. The van der Waals surface area contributed by atoms with Crippen LogP contribution in [0.2, 0.25) is 0 Å². The molecular formula is C22H30N8O. The number of rotatable bonds is 11. The normalized spacial score (nSPS) is 13.1. The second-order valence-electron chi connectivity index (χ2n) is 6.95. The van der Waals surface area contributed by atoms with E-state index in [9.17, 15) is 0 Å². The van der Waals surface area contributed by atoms with E-state index in [1.165, 1.54) is 0 Å². The van der Waals surface area contributed by atoms with E-state index in [4.69, 9.17) is 10.5 Å². The fraction of sp³-hybridized carbons (Fsp3) is 0.364. The van der Waals surface area contributed by atoms with Crippen LogP contribution in [-0.2, 0) is 4.74 Å². The summed E-state index contributed by atoms with van der Waals surface area (Å²) in [5.74, 6) is 0. The lowest BCUT2D eigenvalue weighted by atomic mass is 10.1. The minimum atomic E-state index is -0.114. The molecule has 164 valence electrons. The number of ether oxygens (including phenoxy) is 1. The molecule has 0 aliphatic heterocycles. The maximum Gasteiger partial charge on any atom is 0.141 e. The van der Waals surface area contributed by atoms with Gasteiger partial charge in [-0.2, -0.15) is 0 Å². The summed E-state index contributed by atoms with van der Waals surface area (Å²) in [6, 6.07) is 3.96. The van der Waals surface area contributed by atoms with Crippen LogP contribution in [0.4, 0.5) is 5.69 Å². The number of aromatic nitrogens is 4. The van der Waals surface area contributed by atoms with Crippen molar-refractivity contribution in [2.45, 2.75) is 13.0 Å². The van der Waals surface area contributed by atoms with Gasteiger partial charge in [0, 0.05) is 69.6 Å². The van der Waals surface area contributed by atoms with Crippen molar-refractivity contribution in [2.24, 2.45) is 10.7 Å². The van der Waals surface area contributed by atoms with Gasteiger partial charge in [-0.3, -0.25) is 9.98 Å². The molecule has 0 aliphatic rings. The standard InChI is InChI=1S/C22H30N8O/c1-4-30(7-8-31-3)18-9-16(12-25-14-18)20(10-23)27-13-17(11-24-2)21-19-5-6-26-22(19)29-15-28-21/h5-6,9,11-15,20,27H,4,7-8,10,23H2,1-3H3,(H,26,28,29)/b17-13+,24-11-. The zero-order valence-electron chi connectivity index (χ0n) is 18.2. The number of H-pyrrole nitrogens is 1. The third-order valence-electron chi connectivity index (χ3n) is 5.03. The number of aromatic amines is 1. The van der Waals surface area contributed by atoms with Crippen molar-refractivity contribution >= 4 is 28.5 Å². The Bertz CT molecular complexity index is 1030. The molecule has 31 heavy (non-hydrogen) atoms. The molecule has 3 aromatic heterocycles. The van der Waals surface area contributed by atoms with Crippen molar-refractivity contribution in [3.05, 3.63) is 54.5 Å². The van der Waals surface area contributed by atoms with Gasteiger partial charge in [-0.1, -0.05) is 0 Å². The molecule has 3 rings (SSSR count). The quantitative estimate of drug-likeness (QED) is 0.405. The van der Waals surface area contributed by atoms with E-state index in [1.807, 2.05) is 30.9 Å². The zero-order chi connectivity index (χ0) is 22.1. The number of methoxy groups -OCH3 is 1. The first-order valence-corrected chi connectivity index (χ1v) is 10.3. The summed E-state index contributed by atoms with van der Waals surface area (Å²) in [7, 11) is 3.44. The van der Waals surface area contributed by atoms with Gasteiger partial charge < -0.3 is 25.7 Å². The average molecular weight is 423 g/mol. The fourth-order valence-electron chi connectivity index (χ4n) is 3.38. The van der Waals surface area contributed by atoms with Crippen LogP contribution >= 0.6 is 0 Å².